The van der Waals surface area contributed by atoms with Crippen LogP contribution in [0.2, 0.25) is 0 Å². The zero-order chi connectivity index (χ0) is 22.7. The number of benzene rings is 3. The van der Waals surface area contributed by atoms with Crippen molar-refractivity contribution in [2.45, 2.75) is 62.3 Å². The van der Waals surface area contributed by atoms with Crippen LogP contribution >= 0.6 is 0 Å². The second-order valence-electron chi connectivity index (χ2n) is 5.60. The molecule has 0 aliphatic rings. The van der Waals surface area contributed by atoms with E-state index in [4.69, 9.17) is 5.73 Å². The Labute approximate surface area is 179 Å². The van der Waals surface area contributed by atoms with Gasteiger partial charge in [-0.2, -0.15) is 0 Å². The second-order valence-corrected chi connectivity index (χ2v) is 5.60. The van der Waals surface area contributed by atoms with Crippen molar-refractivity contribution in [2.24, 2.45) is 0 Å². The minimum absolute atomic E-state index is 0.846. The lowest BCUT2D eigenvalue weighted by Crippen LogP contribution is -1.86. The third-order valence-electron chi connectivity index (χ3n) is 3.50. The van der Waals surface area contributed by atoms with Gasteiger partial charge >= 0.3 is 0 Å². The summed E-state index contributed by atoms with van der Waals surface area (Å²) >= 11 is 0. The fourth-order valence-corrected chi connectivity index (χ4v) is 2.38. The third kappa shape index (κ3) is 10.4. The van der Waals surface area contributed by atoms with E-state index < -0.39 is 0 Å². The molecular weight excluding hydrogens is 350 g/mol. The summed E-state index contributed by atoms with van der Waals surface area (Å²) in [5.41, 5.74) is 11.1. The van der Waals surface area contributed by atoms with E-state index in [2.05, 4.69) is 62.0 Å². The number of allylic oxidation sites excluding steroid dienone is 3. The number of nitrogen functional groups attached to an aromatic ring is 1. The van der Waals surface area contributed by atoms with Gasteiger partial charge in [-0.3, -0.25) is 0 Å². The van der Waals surface area contributed by atoms with Crippen molar-refractivity contribution in [3.05, 3.63) is 84.1 Å². The fourth-order valence-electron chi connectivity index (χ4n) is 2.38. The molecule has 0 amide bonds. The largest absolute Gasteiger partial charge is 0.398 e. The first-order valence-electron chi connectivity index (χ1n) is 10.8. The molecule has 2 N–H and O–H groups in total. The number of hydrogen-bond donors (Lipinski definition) is 1. The van der Waals surface area contributed by atoms with E-state index in [-0.39, 0.29) is 0 Å². The van der Waals surface area contributed by atoms with E-state index in [9.17, 15) is 0 Å². The quantitative estimate of drug-likeness (QED) is 0.190. The summed E-state index contributed by atoms with van der Waals surface area (Å²) in [7, 11) is 0. The van der Waals surface area contributed by atoms with Crippen molar-refractivity contribution in [1.82, 2.24) is 0 Å². The number of nitrogens with two attached hydrogens (primary N) is 1. The van der Waals surface area contributed by atoms with E-state index in [1.807, 2.05) is 78.8 Å². The van der Waals surface area contributed by atoms with Crippen molar-refractivity contribution in [3.63, 3.8) is 0 Å². The Morgan fingerprint density at radius 3 is 1.90 bits per heavy atom. The van der Waals surface area contributed by atoms with Crippen LogP contribution in [0.5, 0.6) is 0 Å². The third-order valence-corrected chi connectivity index (χ3v) is 3.50. The first kappa shape index (κ1) is 28.4. The molecule has 3 aromatic carbocycles. The predicted octanol–water partition coefficient (Wildman–Crippen LogP) is 9.34. The Morgan fingerprint density at radius 2 is 1.31 bits per heavy atom. The maximum absolute atomic E-state index is 5.95. The van der Waals surface area contributed by atoms with Crippen LogP contribution in [0.1, 0.15) is 62.3 Å². The van der Waals surface area contributed by atoms with Gasteiger partial charge in [0, 0.05) is 11.1 Å². The highest BCUT2D eigenvalue weighted by molar-refractivity contribution is 6.10. The highest BCUT2D eigenvalue weighted by Crippen LogP contribution is 2.28. The van der Waals surface area contributed by atoms with E-state index in [1.54, 1.807) is 0 Å². The molecule has 0 saturated heterocycles. The first-order valence-corrected chi connectivity index (χ1v) is 10.8. The summed E-state index contributed by atoms with van der Waals surface area (Å²) in [6, 6.07) is 18.6. The van der Waals surface area contributed by atoms with Gasteiger partial charge < -0.3 is 5.73 Å². The molecule has 1 nitrogen and oxygen atoms in total. The van der Waals surface area contributed by atoms with Crippen LogP contribution in [0, 0.1) is 0 Å². The molecule has 0 atom stereocenters. The molecule has 0 bridgehead atoms. The average molecular weight is 392 g/mol. The Morgan fingerprint density at radius 1 is 0.724 bits per heavy atom. The van der Waals surface area contributed by atoms with Crippen LogP contribution < -0.4 is 5.73 Å². The second kappa shape index (κ2) is 18.6. The van der Waals surface area contributed by atoms with Crippen LogP contribution in [0.3, 0.4) is 0 Å². The molecule has 3 aromatic rings. The van der Waals surface area contributed by atoms with Gasteiger partial charge in [0.1, 0.15) is 0 Å². The molecule has 0 fully saturated rings. The highest BCUT2D eigenvalue weighted by Gasteiger charge is 2.01. The van der Waals surface area contributed by atoms with Crippen molar-refractivity contribution in [1.29, 1.82) is 0 Å². The van der Waals surface area contributed by atoms with E-state index >= 15 is 0 Å². The molecule has 29 heavy (non-hydrogen) atoms. The molecule has 0 spiro atoms. The molecule has 0 radical (unpaired) electrons. The Hall–Kier alpha value is -2.76. The van der Waals surface area contributed by atoms with Crippen LogP contribution in [-0.4, -0.2) is 0 Å². The molecule has 0 aliphatic carbocycles. The molecule has 0 saturated carbocycles. The minimum Gasteiger partial charge on any atom is -0.398 e. The topological polar surface area (TPSA) is 26.0 Å². The Balaban J connectivity index is 0. The Bertz CT molecular complexity index is 890. The summed E-state index contributed by atoms with van der Waals surface area (Å²) in [5, 5.41) is 4.89. The van der Waals surface area contributed by atoms with Crippen LogP contribution in [0.4, 0.5) is 5.69 Å². The number of anilines is 1. The summed E-state index contributed by atoms with van der Waals surface area (Å²) in [6.45, 7) is 18.1. The van der Waals surface area contributed by atoms with Gasteiger partial charge in [0.15, 0.2) is 0 Å². The molecule has 0 aliphatic heterocycles. The lowest BCUT2D eigenvalue weighted by atomic mass is 10.0. The fraction of sp³-hybridized carbons (Fsp3) is 0.321. The lowest BCUT2D eigenvalue weighted by Gasteiger charge is -2.05. The van der Waals surface area contributed by atoms with E-state index in [1.165, 1.54) is 21.7 Å². The molecule has 0 unspecified atom stereocenters. The van der Waals surface area contributed by atoms with E-state index in [0.29, 0.717) is 0 Å². The summed E-state index contributed by atoms with van der Waals surface area (Å²) < 4.78 is 0. The van der Waals surface area contributed by atoms with Gasteiger partial charge in [0.2, 0.25) is 0 Å². The molecule has 0 heterocycles. The van der Waals surface area contributed by atoms with Gasteiger partial charge in [-0.15, -0.1) is 5.73 Å². The van der Waals surface area contributed by atoms with Gasteiger partial charge in [-0.25, -0.2) is 0 Å². The van der Waals surface area contributed by atoms with Crippen molar-refractivity contribution in [3.8, 4) is 0 Å². The molecular formula is C28H41N. The number of rotatable bonds is 1. The van der Waals surface area contributed by atoms with Gasteiger partial charge in [0.05, 0.1) is 0 Å². The zero-order valence-corrected chi connectivity index (χ0v) is 20.0. The monoisotopic (exact) mass is 391 g/mol. The number of fused-ring (bicyclic) bond motifs is 3. The smallest absolute Gasteiger partial charge is 0.0393 e. The van der Waals surface area contributed by atoms with Crippen LogP contribution in [0.15, 0.2) is 84.1 Å². The lowest BCUT2D eigenvalue weighted by molar-refractivity contribution is 1.39. The maximum Gasteiger partial charge on any atom is 0.0393 e. The van der Waals surface area contributed by atoms with Crippen molar-refractivity contribution in [2.75, 3.05) is 5.73 Å². The van der Waals surface area contributed by atoms with Gasteiger partial charge in [0.25, 0.3) is 0 Å². The van der Waals surface area contributed by atoms with Crippen molar-refractivity contribution >= 4 is 27.2 Å². The van der Waals surface area contributed by atoms with E-state index in [0.717, 1.165) is 11.1 Å². The molecule has 1 heteroatoms. The van der Waals surface area contributed by atoms with Crippen LogP contribution in [0.25, 0.3) is 21.5 Å². The molecule has 158 valence electrons. The van der Waals surface area contributed by atoms with Gasteiger partial charge in [-0.1, -0.05) is 102 Å². The Kier molecular flexibility index (Phi) is 18.2. The molecule has 3 rings (SSSR count). The summed E-state index contributed by atoms with van der Waals surface area (Å²) in [5.74, 6) is 0. The number of hydrogen-bond acceptors (Lipinski definition) is 1. The highest BCUT2D eigenvalue weighted by atomic mass is 14.5. The SMILES string of the molecule is CC.CC.CC.CC=C=CC=C(C)C.Nc1cccc2c1ccc1ccccc12. The zero-order valence-electron chi connectivity index (χ0n) is 20.0. The summed E-state index contributed by atoms with van der Waals surface area (Å²) in [4.78, 5) is 0. The van der Waals surface area contributed by atoms with Crippen molar-refractivity contribution < 1.29 is 0 Å². The first-order chi connectivity index (χ1) is 14.1. The standard InChI is InChI=1S/C14H11N.C8H12.3C2H6/c15-14-7-3-6-12-11-5-2-1-4-10(11)8-9-13(12)14;1-4-5-6-7-8(2)3;3*1-2/h1-9H,15H2;4,6-7H,1-3H3;3*1-2H3. The average Bonchev–Trinajstić information content (AvgIpc) is 2.78. The maximum atomic E-state index is 5.95. The van der Waals surface area contributed by atoms with Gasteiger partial charge in [-0.05, 0) is 55.1 Å². The predicted molar refractivity (Wildman–Crippen MR) is 138 cm³/mol. The normalized spacial score (nSPS) is 8.17. The summed E-state index contributed by atoms with van der Waals surface area (Å²) in [6.07, 6.45) is 5.83. The van der Waals surface area contributed by atoms with Crippen LogP contribution in [-0.2, 0) is 0 Å². The molecule has 0 aromatic heterocycles. The minimum atomic E-state index is 0.846.